The third-order valence-corrected chi connectivity index (χ3v) is 2.92. The van der Waals surface area contributed by atoms with Gasteiger partial charge in [0.15, 0.2) is 0 Å². The maximum absolute atomic E-state index is 7.40. The van der Waals surface area contributed by atoms with Crippen LogP contribution in [0.3, 0.4) is 0 Å². The Hall–Kier alpha value is -1.65. The molecule has 1 aromatic rings. The number of hydrogen-bond donors (Lipinski definition) is 2. The number of unbranched alkanes of at least 4 members (excludes halogenated alkanes) is 1. The number of nitrogens with zero attached hydrogens (tertiary/aromatic N) is 3. The molecule has 1 aromatic heterocycles. The van der Waals surface area contributed by atoms with E-state index >= 15 is 0 Å². The predicted molar refractivity (Wildman–Crippen MR) is 68.3 cm³/mol. The van der Waals surface area contributed by atoms with Gasteiger partial charge in [-0.25, -0.2) is 9.97 Å². The van der Waals surface area contributed by atoms with E-state index in [-0.39, 0.29) is 5.84 Å². The minimum atomic E-state index is -0.000103. The van der Waals surface area contributed by atoms with E-state index in [4.69, 9.17) is 11.1 Å². The normalized spacial score (nSPS) is 14.6. The van der Waals surface area contributed by atoms with Crippen molar-refractivity contribution in [2.24, 2.45) is 5.73 Å². The van der Waals surface area contributed by atoms with Crippen molar-refractivity contribution in [3.63, 3.8) is 0 Å². The highest BCUT2D eigenvalue weighted by Gasteiger charge is 2.30. The molecule has 0 amide bonds. The van der Waals surface area contributed by atoms with Crippen LogP contribution in [0.5, 0.6) is 0 Å². The number of nitrogen functional groups attached to an aromatic ring is 1. The molecule has 1 heterocycles. The molecule has 0 unspecified atom stereocenters. The van der Waals surface area contributed by atoms with Crippen LogP contribution in [0.1, 0.15) is 38.3 Å². The summed E-state index contributed by atoms with van der Waals surface area (Å²) in [6.07, 6.45) is 6.43. The Morgan fingerprint density at radius 2 is 2.35 bits per heavy atom. The van der Waals surface area contributed by atoms with Crippen molar-refractivity contribution in [2.75, 3.05) is 11.4 Å². The maximum Gasteiger partial charge on any atom is 0.226 e. The first kappa shape index (κ1) is 11.8. The van der Waals surface area contributed by atoms with E-state index in [1.54, 1.807) is 12.3 Å². The summed E-state index contributed by atoms with van der Waals surface area (Å²) in [5, 5.41) is 7.40. The summed E-state index contributed by atoms with van der Waals surface area (Å²) in [5.41, 5.74) is 5.96. The first-order valence-electron chi connectivity index (χ1n) is 6.16. The minimum absolute atomic E-state index is 0.000103. The van der Waals surface area contributed by atoms with Gasteiger partial charge in [0.2, 0.25) is 5.95 Å². The maximum atomic E-state index is 7.40. The lowest BCUT2D eigenvalue weighted by atomic mass is 10.3. The molecule has 17 heavy (non-hydrogen) atoms. The van der Waals surface area contributed by atoms with Crippen LogP contribution in [-0.4, -0.2) is 28.4 Å². The Labute approximate surface area is 102 Å². The Kier molecular flexibility index (Phi) is 3.56. The van der Waals surface area contributed by atoms with E-state index in [1.807, 2.05) is 0 Å². The van der Waals surface area contributed by atoms with Crippen molar-refractivity contribution in [1.29, 1.82) is 5.41 Å². The fourth-order valence-corrected chi connectivity index (χ4v) is 1.80. The van der Waals surface area contributed by atoms with E-state index in [9.17, 15) is 0 Å². The summed E-state index contributed by atoms with van der Waals surface area (Å²) >= 11 is 0. The van der Waals surface area contributed by atoms with Gasteiger partial charge in [-0.1, -0.05) is 13.3 Å². The van der Waals surface area contributed by atoms with E-state index in [1.165, 1.54) is 12.8 Å². The first-order valence-corrected chi connectivity index (χ1v) is 6.16. The van der Waals surface area contributed by atoms with E-state index in [0.717, 1.165) is 19.4 Å². The Morgan fingerprint density at radius 3 is 2.94 bits per heavy atom. The zero-order valence-electron chi connectivity index (χ0n) is 10.2. The van der Waals surface area contributed by atoms with Crippen LogP contribution in [-0.2, 0) is 0 Å². The molecular weight excluding hydrogens is 214 g/mol. The molecule has 5 heteroatoms. The molecule has 5 nitrogen and oxygen atoms in total. The third-order valence-electron chi connectivity index (χ3n) is 2.92. The summed E-state index contributed by atoms with van der Waals surface area (Å²) in [7, 11) is 0. The summed E-state index contributed by atoms with van der Waals surface area (Å²) in [6, 6.07) is 2.26. The van der Waals surface area contributed by atoms with Gasteiger partial charge < -0.3 is 10.6 Å². The number of nitrogens with two attached hydrogens (primary N) is 1. The quantitative estimate of drug-likeness (QED) is 0.577. The highest BCUT2D eigenvalue weighted by Crippen LogP contribution is 2.29. The fraction of sp³-hybridized carbons (Fsp3) is 0.583. The average Bonchev–Trinajstić information content (AvgIpc) is 3.14. The van der Waals surface area contributed by atoms with Gasteiger partial charge in [-0.15, -0.1) is 0 Å². The van der Waals surface area contributed by atoms with Crippen LogP contribution in [0.4, 0.5) is 5.95 Å². The van der Waals surface area contributed by atoms with Crippen molar-refractivity contribution >= 4 is 11.8 Å². The highest BCUT2D eigenvalue weighted by atomic mass is 15.3. The molecular formula is C12H19N5. The van der Waals surface area contributed by atoms with Crippen LogP contribution < -0.4 is 10.6 Å². The lowest BCUT2D eigenvalue weighted by molar-refractivity contribution is 0.693. The highest BCUT2D eigenvalue weighted by molar-refractivity contribution is 5.93. The zero-order chi connectivity index (χ0) is 12.3. The number of anilines is 1. The van der Waals surface area contributed by atoms with Gasteiger partial charge in [-0.3, -0.25) is 5.41 Å². The third kappa shape index (κ3) is 2.93. The molecule has 92 valence electrons. The summed E-state index contributed by atoms with van der Waals surface area (Å²) < 4.78 is 0. The summed E-state index contributed by atoms with van der Waals surface area (Å²) in [6.45, 7) is 3.17. The molecule has 0 radical (unpaired) electrons. The van der Waals surface area contributed by atoms with E-state index < -0.39 is 0 Å². The lowest BCUT2D eigenvalue weighted by Gasteiger charge is -2.22. The largest absolute Gasteiger partial charge is 0.382 e. The van der Waals surface area contributed by atoms with E-state index in [2.05, 4.69) is 21.8 Å². The van der Waals surface area contributed by atoms with Gasteiger partial charge in [-0.05, 0) is 25.3 Å². The van der Waals surface area contributed by atoms with Crippen LogP contribution in [0, 0.1) is 5.41 Å². The first-order chi connectivity index (χ1) is 8.22. The average molecular weight is 233 g/mol. The standard InChI is InChI=1S/C12H19N5/c1-2-3-8-17(9-4-5-9)12-15-7-6-10(16-12)11(13)14/h6-7,9H,2-5,8H2,1H3,(H3,13,14). The van der Waals surface area contributed by atoms with Gasteiger partial charge in [0.05, 0.1) is 0 Å². The van der Waals surface area contributed by atoms with Crippen molar-refractivity contribution in [3.8, 4) is 0 Å². The molecule has 1 saturated carbocycles. The lowest BCUT2D eigenvalue weighted by Crippen LogP contribution is -2.29. The van der Waals surface area contributed by atoms with Crippen LogP contribution >= 0.6 is 0 Å². The smallest absolute Gasteiger partial charge is 0.226 e. The molecule has 0 spiro atoms. The Bertz CT molecular complexity index is 400. The molecule has 0 aliphatic heterocycles. The minimum Gasteiger partial charge on any atom is -0.382 e. The van der Waals surface area contributed by atoms with Gasteiger partial charge in [0.1, 0.15) is 11.5 Å². The molecule has 3 N–H and O–H groups in total. The second kappa shape index (κ2) is 5.12. The topological polar surface area (TPSA) is 78.9 Å². The summed E-state index contributed by atoms with van der Waals surface area (Å²) in [4.78, 5) is 10.9. The number of amidine groups is 1. The molecule has 0 atom stereocenters. The van der Waals surface area contributed by atoms with Gasteiger partial charge in [-0.2, -0.15) is 0 Å². The number of hydrogen-bond acceptors (Lipinski definition) is 4. The molecule has 0 bridgehead atoms. The SMILES string of the molecule is CCCCN(c1nccc(C(=N)N)n1)C1CC1. The van der Waals surface area contributed by atoms with Crippen molar-refractivity contribution < 1.29 is 0 Å². The monoisotopic (exact) mass is 233 g/mol. The molecule has 2 rings (SSSR count). The zero-order valence-corrected chi connectivity index (χ0v) is 10.2. The number of aromatic nitrogens is 2. The predicted octanol–water partition coefficient (Wildman–Crippen LogP) is 1.53. The fourth-order valence-electron chi connectivity index (χ4n) is 1.80. The molecule has 0 aromatic carbocycles. The molecule has 1 fully saturated rings. The Morgan fingerprint density at radius 1 is 1.59 bits per heavy atom. The van der Waals surface area contributed by atoms with Crippen molar-refractivity contribution in [1.82, 2.24) is 9.97 Å². The second-order valence-electron chi connectivity index (χ2n) is 4.43. The second-order valence-corrected chi connectivity index (χ2v) is 4.43. The van der Waals surface area contributed by atoms with Gasteiger partial charge in [0.25, 0.3) is 0 Å². The molecule has 1 aliphatic rings. The Balaban J connectivity index is 2.16. The number of nitrogens with one attached hydrogen (secondary N) is 1. The molecule has 1 aliphatic carbocycles. The summed E-state index contributed by atoms with van der Waals surface area (Å²) in [5.74, 6) is 0.716. The van der Waals surface area contributed by atoms with Gasteiger partial charge in [0, 0.05) is 18.8 Å². The van der Waals surface area contributed by atoms with Gasteiger partial charge >= 0.3 is 0 Å². The van der Waals surface area contributed by atoms with Crippen LogP contribution in [0.15, 0.2) is 12.3 Å². The van der Waals surface area contributed by atoms with Crippen LogP contribution in [0.25, 0.3) is 0 Å². The van der Waals surface area contributed by atoms with Crippen molar-refractivity contribution in [3.05, 3.63) is 18.0 Å². The van der Waals surface area contributed by atoms with Crippen LogP contribution in [0.2, 0.25) is 0 Å². The van der Waals surface area contributed by atoms with Crippen molar-refractivity contribution in [2.45, 2.75) is 38.6 Å². The van der Waals surface area contributed by atoms with E-state index in [0.29, 0.717) is 17.7 Å². The molecule has 0 saturated heterocycles. The number of rotatable bonds is 6.